The Bertz CT molecular complexity index is 2150. The summed E-state index contributed by atoms with van der Waals surface area (Å²) >= 11 is 7.11. The molecule has 0 radical (unpaired) electrons. The molecule has 4 fully saturated rings. The van der Waals surface area contributed by atoms with E-state index in [1.807, 2.05) is 24.3 Å². The number of amides is 6. The zero-order valence-electron chi connectivity index (χ0n) is 33.4. The van der Waals surface area contributed by atoms with Crippen molar-refractivity contribution >= 4 is 69.8 Å². The lowest BCUT2D eigenvalue weighted by molar-refractivity contribution is -0.134. The number of nitriles is 1. The summed E-state index contributed by atoms with van der Waals surface area (Å²) in [6.45, 7) is 11.0. The van der Waals surface area contributed by atoms with Crippen LogP contribution in [0.25, 0.3) is 10.9 Å². The maximum Gasteiger partial charge on any atom is 0.338 e. The van der Waals surface area contributed by atoms with Crippen LogP contribution >= 0.6 is 23.5 Å². The van der Waals surface area contributed by atoms with Crippen LogP contribution in [0, 0.1) is 11.3 Å². The van der Waals surface area contributed by atoms with Crippen molar-refractivity contribution < 1.29 is 28.7 Å². The van der Waals surface area contributed by atoms with Gasteiger partial charge in [0, 0.05) is 79.7 Å². The van der Waals surface area contributed by atoms with E-state index in [-0.39, 0.29) is 77.6 Å². The molecule has 3 aliphatic heterocycles. The number of nitrogens with zero attached hydrogens (tertiary/aromatic N) is 8. The van der Waals surface area contributed by atoms with Crippen LogP contribution < -0.4 is 10.6 Å². The number of carbonyl (C=O) groups excluding carboxylic acids is 5. The van der Waals surface area contributed by atoms with Crippen LogP contribution in [-0.2, 0) is 31.0 Å². The lowest BCUT2D eigenvalue weighted by Crippen LogP contribution is -2.58. The predicted molar refractivity (Wildman–Crippen MR) is 217 cm³/mol. The number of fused-ring (bicyclic) bond motifs is 1. The Morgan fingerprint density at radius 2 is 1.83 bits per heavy atom. The molecule has 6 amide bonds. The molecule has 4 aliphatic rings. The van der Waals surface area contributed by atoms with Crippen molar-refractivity contribution in [1.82, 2.24) is 39.1 Å². The average molecular weight is 833 g/mol. The quantitative estimate of drug-likeness (QED) is 0.158. The van der Waals surface area contributed by atoms with Gasteiger partial charge >= 0.3 is 6.03 Å². The molecule has 308 valence electrons. The molecule has 18 heteroatoms. The monoisotopic (exact) mass is 832 g/mol. The van der Waals surface area contributed by atoms with E-state index in [1.54, 1.807) is 30.5 Å². The Labute approximate surface area is 346 Å². The minimum Gasteiger partial charge on any atom is -0.377 e. The summed E-state index contributed by atoms with van der Waals surface area (Å²) < 4.78 is 9.21. The van der Waals surface area contributed by atoms with Crippen LogP contribution in [0.15, 0.2) is 35.4 Å². The number of imide groups is 2. The molecule has 0 bridgehead atoms. The number of anilines is 1. The minimum atomic E-state index is -1.01. The van der Waals surface area contributed by atoms with Crippen molar-refractivity contribution in [2.75, 3.05) is 38.1 Å². The number of aryl methyl sites for hydroxylation is 1. The van der Waals surface area contributed by atoms with Crippen molar-refractivity contribution in [3.63, 3.8) is 0 Å². The van der Waals surface area contributed by atoms with Gasteiger partial charge in [0.1, 0.15) is 11.6 Å². The fourth-order valence-corrected chi connectivity index (χ4v) is 10.2. The van der Waals surface area contributed by atoms with Crippen LogP contribution in [0.2, 0.25) is 5.02 Å². The third-order valence-electron chi connectivity index (χ3n) is 11.8. The topological polar surface area (TPSA) is 186 Å². The molecule has 5 heterocycles. The number of ether oxygens (including phenoxy) is 1. The Morgan fingerprint density at radius 1 is 1.10 bits per heavy atom. The SMILES string of the molecule is C[C@@H]1CN(CCOC2CCC(N3C(=O)N(Sc4cnc(C#N)c(Cl)c4)C(=O)C3(C)C)CC2)C[C@H](C)N1CC(=O)Nc1cccc2c(C3CCC(=O)NC3=O)nn(C)c12. The summed E-state index contributed by atoms with van der Waals surface area (Å²) in [7, 11) is 1.79. The highest BCUT2D eigenvalue weighted by Crippen LogP contribution is 2.41. The Morgan fingerprint density at radius 3 is 2.50 bits per heavy atom. The van der Waals surface area contributed by atoms with E-state index in [1.165, 1.54) is 16.6 Å². The van der Waals surface area contributed by atoms with Gasteiger partial charge in [-0.2, -0.15) is 14.7 Å². The number of aromatic nitrogens is 3. The fourth-order valence-electron chi connectivity index (χ4n) is 8.94. The maximum absolute atomic E-state index is 13.6. The van der Waals surface area contributed by atoms with E-state index in [4.69, 9.17) is 21.6 Å². The van der Waals surface area contributed by atoms with E-state index in [9.17, 15) is 24.0 Å². The average Bonchev–Trinajstić information content (AvgIpc) is 3.59. The molecule has 3 atom stereocenters. The molecular weight excluding hydrogens is 784 g/mol. The van der Waals surface area contributed by atoms with Gasteiger partial charge in [0.25, 0.3) is 5.91 Å². The van der Waals surface area contributed by atoms with Gasteiger partial charge in [-0.15, -0.1) is 0 Å². The lowest BCUT2D eigenvalue weighted by atomic mass is 9.89. The Balaban J connectivity index is 0.865. The number of hydrogen-bond acceptors (Lipinski definition) is 12. The fraction of sp³-hybridized carbons (Fsp3) is 0.550. The number of hydrogen-bond donors (Lipinski definition) is 2. The van der Waals surface area contributed by atoms with E-state index in [0.717, 1.165) is 68.2 Å². The molecule has 3 saturated heterocycles. The number of piperidine rings is 1. The number of rotatable bonds is 11. The minimum absolute atomic E-state index is 0.0638. The van der Waals surface area contributed by atoms with Gasteiger partial charge in [0.15, 0.2) is 5.69 Å². The van der Waals surface area contributed by atoms with Crippen LogP contribution in [-0.4, -0.2) is 126 Å². The highest BCUT2D eigenvalue weighted by Gasteiger charge is 2.54. The molecule has 2 aromatic heterocycles. The Hall–Kier alpha value is -4.60. The van der Waals surface area contributed by atoms with Gasteiger partial charge in [-0.05, 0) is 71.9 Å². The highest BCUT2D eigenvalue weighted by atomic mass is 35.5. The molecule has 1 saturated carbocycles. The van der Waals surface area contributed by atoms with Gasteiger partial charge in [0.2, 0.25) is 17.7 Å². The lowest BCUT2D eigenvalue weighted by Gasteiger charge is -2.44. The normalized spacial score (nSPS) is 25.6. The molecule has 1 aromatic carbocycles. The van der Waals surface area contributed by atoms with Crippen LogP contribution in [0.5, 0.6) is 0 Å². The summed E-state index contributed by atoms with van der Waals surface area (Å²) in [4.78, 5) is 75.7. The van der Waals surface area contributed by atoms with Gasteiger partial charge in [-0.25, -0.2) is 9.78 Å². The number of carbonyl (C=O) groups is 5. The maximum atomic E-state index is 13.6. The predicted octanol–water partition coefficient (Wildman–Crippen LogP) is 4.42. The number of pyridine rings is 1. The summed E-state index contributed by atoms with van der Waals surface area (Å²) in [5.74, 6) is -1.60. The number of urea groups is 1. The van der Waals surface area contributed by atoms with Crippen LogP contribution in [0.1, 0.15) is 83.5 Å². The van der Waals surface area contributed by atoms with Crippen molar-refractivity contribution in [2.45, 2.75) is 107 Å². The van der Waals surface area contributed by atoms with Crippen molar-refractivity contribution in [1.29, 1.82) is 5.26 Å². The molecule has 16 nitrogen and oxygen atoms in total. The van der Waals surface area contributed by atoms with E-state index >= 15 is 0 Å². The molecule has 58 heavy (non-hydrogen) atoms. The van der Waals surface area contributed by atoms with Crippen LogP contribution in [0.4, 0.5) is 10.5 Å². The zero-order chi connectivity index (χ0) is 41.5. The van der Waals surface area contributed by atoms with E-state index in [2.05, 4.69) is 44.4 Å². The standard InChI is InChI=1S/C40H49ClN10O6S/c1-23-20-48(21-24(2)49(23)22-34(53)44-31-8-6-7-28-35(46-47(5)36(28)31)29-13-14-33(52)45-37(29)54)15-16-57-26-11-9-25(10-12-26)50-39(56)51(38(55)40(50,3)4)58-27-17-30(41)32(18-42)43-19-27/h6-8,17,19,23-26,29H,9-16,20-22H2,1-5H3,(H,44,53)(H,45,52,54)/t23-,24+,25?,26?,29?. The molecule has 3 aromatic rings. The number of para-hydroxylation sites is 1. The second-order valence-electron chi connectivity index (χ2n) is 16.2. The Kier molecular flexibility index (Phi) is 12.1. The highest BCUT2D eigenvalue weighted by molar-refractivity contribution is 7.98. The molecule has 0 spiro atoms. The van der Waals surface area contributed by atoms with Crippen molar-refractivity contribution in [2.24, 2.45) is 7.05 Å². The van der Waals surface area contributed by atoms with Gasteiger partial charge in [0.05, 0.1) is 47.1 Å². The summed E-state index contributed by atoms with van der Waals surface area (Å²) in [6.07, 6.45) is 5.16. The molecule has 2 N–H and O–H groups in total. The number of piperazine rings is 1. The summed E-state index contributed by atoms with van der Waals surface area (Å²) in [5.41, 5.74) is 1.01. The van der Waals surface area contributed by atoms with Crippen LogP contribution in [0.3, 0.4) is 0 Å². The first kappa shape index (κ1) is 41.6. The van der Waals surface area contributed by atoms with E-state index < -0.39 is 11.5 Å². The van der Waals surface area contributed by atoms with Crippen molar-refractivity contribution in [3.05, 3.63) is 46.9 Å². The summed E-state index contributed by atoms with van der Waals surface area (Å²) in [5, 5.41) is 20.2. The molecular formula is C40H49ClN10O6S. The third kappa shape index (κ3) is 8.30. The first-order valence-corrected chi connectivity index (χ1v) is 20.9. The van der Waals surface area contributed by atoms with Gasteiger partial charge in [-0.3, -0.25) is 39.0 Å². The summed E-state index contributed by atoms with van der Waals surface area (Å²) in [6, 6.07) is 8.81. The molecule has 7 rings (SSSR count). The van der Waals surface area contributed by atoms with Crippen molar-refractivity contribution in [3.8, 4) is 6.07 Å². The molecule has 1 aliphatic carbocycles. The van der Waals surface area contributed by atoms with Gasteiger partial charge < -0.3 is 15.0 Å². The largest absolute Gasteiger partial charge is 0.377 e. The number of nitrogens with one attached hydrogen (secondary N) is 2. The van der Waals surface area contributed by atoms with E-state index in [0.29, 0.717) is 29.3 Å². The molecule has 1 unspecified atom stereocenters. The third-order valence-corrected chi connectivity index (χ3v) is 13.0. The van der Waals surface area contributed by atoms with Gasteiger partial charge in [-0.1, -0.05) is 23.7 Å². The number of halogens is 1. The second kappa shape index (κ2) is 16.9. The number of benzene rings is 1. The second-order valence-corrected chi connectivity index (χ2v) is 17.6. The first-order valence-electron chi connectivity index (χ1n) is 19.8. The smallest absolute Gasteiger partial charge is 0.338 e. The first-order chi connectivity index (χ1) is 27.7. The zero-order valence-corrected chi connectivity index (χ0v) is 34.9.